The van der Waals surface area contributed by atoms with Crippen molar-refractivity contribution in [3.05, 3.63) is 53.9 Å². The van der Waals surface area contributed by atoms with Gasteiger partial charge >= 0.3 is 0 Å². The molecule has 1 aliphatic rings. The minimum absolute atomic E-state index is 0.116. The highest BCUT2D eigenvalue weighted by molar-refractivity contribution is 5.75. The first-order valence-corrected chi connectivity index (χ1v) is 8.78. The number of hydrogen-bond donors (Lipinski definition) is 0. The highest BCUT2D eigenvalue weighted by Crippen LogP contribution is 2.31. The number of amides is 1. The molecular formula is C19H25N5O. The lowest BCUT2D eigenvalue weighted by Crippen LogP contribution is -2.24. The van der Waals surface area contributed by atoms with Gasteiger partial charge in [-0.25, -0.2) is 0 Å². The molecule has 1 aliphatic heterocycles. The molecule has 0 aromatic carbocycles. The monoisotopic (exact) mass is 339 g/mol. The Hall–Kier alpha value is -2.34. The molecule has 3 heterocycles. The van der Waals surface area contributed by atoms with E-state index in [0.717, 1.165) is 43.0 Å². The molecule has 1 fully saturated rings. The SMILES string of the molecule is CN(C)C(=O)CCc1cncc(C2CCCN2Cc2ccccn2)n1. The van der Waals surface area contributed by atoms with Crippen LogP contribution in [0.2, 0.25) is 0 Å². The van der Waals surface area contributed by atoms with Crippen LogP contribution >= 0.6 is 0 Å². The summed E-state index contributed by atoms with van der Waals surface area (Å²) < 4.78 is 0. The van der Waals surface area contributed by atoms with Crippen LogP contribution in [-0.4, -0.2) is 51.3 Å². The quantitative estimate of drug-likeness (QED) is 0.808. The number of pyridine rings is 1. The first kappa shape index (κ1) is 17.5. The van der Waals surface area contributed by atoms with Crippen molar-refractivity contribution in [2.75, 3.05) is 20.6 Å². The number of nitrogens with zero attached hydrogens (tertiary/aromatic N) is 5. The molecule has 6 heteroatoms. The van der Waals surface area contributed by atoms with Crippen molar-refractivity contribution in [1.82, 2.24) is 24.8 Å². The first-order chi connectivity index (χ1) is 12.1. The van der Waals surface area contributed by atoms with Crippen molar-refractivity contribution >= 4 is 5.91 Å². The Morgan fingerprint density at radius 1 is 1.28 bits per heavy atom. The molecule has 0 bridgehead atoms. The van der Waals surface area contributed by atoms with Crippen molar-refractivity contribution in [1.29, 1.82) is 0 Å². The van der Waals surface area contributed by atoms with E-state index in [1.165, 1.54) is 0 Å². The Labute approximate surface area is 148 Å². The molecule has 0 saturated carbocycles. The molecule has 1 amide bonds. The summed E-state index contributed by atoms with van der Waals surface area (Å²) in [7, 11) is 3.55. The molecule has 25 heavy (non-hydrogen) atoms. The van der Waals surface area contributed by atoms with Crippen molar-refractivity contribution in [2.45, 2.75) is 38.3 Å². The standard InChI is InChI=1S/C19H25N5O/c1-23(2)19(25)9-8-15-12-20-13-17(22-15)18-7-5-11-24(18)14-16-6-3-4-10-21-16/h3-4,6,10,12-13,18H,5,7-9,11,14H2,1-2H3. The fourth-order valence-corrected chi connectivity index (χ4v) is 3.21. The van der Waals surface area contributed by atoms with Gasteiger partial charge in [0.25, 0.3) is 0 Å². The van der Waals surface area contributed by atoms with E-state index in [9.17, 15) is 4.79 Å². The smallest absolute Gasteiger partial charge is 0.222 e. The lowest BCUT2D eigenvalue weighted by Gasteiger charge is -2.23. The molecule has 0 radical (unpaired) electrons. The summed E-state index contributed by atoms with van der Waals surface area (Å²) >= 11 is 0. The predicted octanol–water partition coefficient (Wildman–Crippen LogP) is 2.23. The first-order valence-electron chi connectivity index (χ1n) is 8.78. The molecule has 6 nitrogen and oxygen atoms in total. The van der Waals surface area contributed by atoms with Gasteiger partial charge in [0.1, 0.15) is 0 Å². The number of carbonyl (C=O) groups is 1. The maximum Gasteiger partial charge on any atom is 0.222 e. The summed E-state index contributed by atoms with van der Waals surface area (Å²) in [5, 5.41) is 0. The van der Waals surface area contributed by atoms with E-state index in [1.807, 2.05) is 24.5 Å². The van der Waals surface area contributed by atoms with E-state index in [-0.39, 0.29) is 11.9 Å². The zero-order valence-electron chi connectivity index (χ0n) is 14.9. The number of carbonyl (C=O) groups excluding carboxylic acids is 1. The number of aryl methyl sites for hydroxylation is 1. The van der Waals surface area contributed by atoms with Crippen molar-refractivity contribution < 1.29 is 4.79 Å². The van der Waals surface area contributed by atoms with Gasteiger partial charge in [0, 0.05) is 45.7 Å². The van der Waals surface area contributed by atoms with Crippen LogP contribution in [0.4, 0.5) is 0 Å². The fraction of sp³-hybridized carbons (Fsp3) is 0.474. The van der Waals surface area contributed by atoms with Gasteiger partial charge < -0.3 is 4.90 Å². The third-order valence-electron chi connectivity index (χ3n) is 4.59. The second-order valence-electron chi connectivity index (χ2n) is 6.67. The van der Waals surface area contributed by atoms with Gasteiger partial charge in [-0.1, -0.05) is 6.07 Å². The van der Waals surface area contributed by atoms with Crippen LogP contribution in [0.1, 0.15) is 42.4 Å². The third-order valence-corrected chi connectivity index (χ3v) is 4.59. The molecule has 132 valence electrons. The zero-order chi connectivity index (χ0) is 17.6. The minimum Gasteiger partial charge on any atom is -0.349 e. The minimum atomic E-state index is 0.116. The van der Waals surface area contributed by atoms with Gasteiger partial charge in [-0.05, 0) is 37.9 Å². The largest absolute Gasteiger partial charge is 0.349 e. The Balaban J connectivity index is 1.68. The van der Waals surface area contributed by atoms with Crippen molar-refractivity contribution in [2.24, 2.45) is 0 Å². The summed E-state index contributed by atoms with van der Waals surface area (Å²) in [5.74, 6) is 0.116. The second kappa shape index (κ2) is 8.16. The highest BCUT2D eigenvalue weighted by Gasteiger charge is 2.27. The summed E-state index contributed by atoms with van der Waals surface area (Å²) in [6.07, 6.45) is 8.80. The number of rotatable bonds is 6. The van der Waals surface area contributed by atoms with Crippen LogP contribution in [-0.2, 0) is 17.8 Å². The second-order valence-corrected chi connectivity index (χ2v) is 6.67. The van der Waals surface area contributed by atoms with Gasteiger partial charge in [0.15, 0.2) is 0 Å². The summed E-state index contributed by atoms with van der Waals surface area (Å²) in [5.41, 5.74) is 2.97. The van der Waals surface area contributed by atoms with E-state index >= 15 is 0 Å². The third kappa shape index (κ3) is 4.60. The lowest BCUT2D eigenvalue weighted by atomic mass is 10.1. The molecule has 0 N–H and O–H groups in total. The molecule has 2 aromatic heterocycles. The van der Waals surface area contributed by atoms with Crippen LogP contribution in [0.5, 0.6) is 0 Å². The average Bonchev–Trinajstić information content (AvgIpc) is 3.09. The van der Waals surface area contributed by atoms with Crippen LogP contribution in [0.25, 0.3) is 0 Å². The molecule has 3 rings (SSSR count). The van der Waals surface area contributed by atoms with Crippen LogP contribution in [0, 0.1) is 0 Å². The molecule has 1 unspecified atom stereocenters. The fourth-order valence-electron chi connectivity index (χ4n) is 3.21. The van der Waals surface area contributed by atoms with E-state index < -0.39 is 0 Å². The maximum atomic E-state index is 11.8. The van der Waals surface area contributed by atoms with Crippen LogP contribution in [0.3, 0.4) is 0 Å². The van der Waals surface area contributed by atoms with Crippen LogP contribution < -0.4 is 0 Å². The lowest BCUT2D eigenvalue weighted by molar-refractivity contribution is -0.128. The molecule has 1 atom stereocenters. The highest BCUT2D eigenvalue weighted by atomic mass is 16.2. The van der Waals surface area contributed by atoms with E-state index in [4.69, 9.17) is 4.98 Å². The molecule has 2 aromatic rings. The Kier molecular flexibility index (Phi) is 5.71. The average molecular weight is 339 g/mol. The van der Waals surface area contributed by atoms with Gasteiger partial charge in [0.2, 0.25) is 5.91 Å². The number of aromatic nitrogens is 3. The van der Waals surface area contributed by atoms with Gasteiger partial charge in [-0.2, -0.15) is 0 Å². The molecule has 0 aliphatic carbocycles. The molecular weight excluding hydrogens is 314 g/mol. The van der Waals surface area contributed by atoms with Crippen molar-refractivity contribution in [3.8, 4) is 0 Å². The Morgan fingerprint density at radius 3 is 2.92 bits per heavy atom. The number of hydrogen-bond acceptors (Lipinski definition) is 5. The van der Waals surface area contributed by atoms with Gasteiger partial charge in [-0.15, -0.1) is 0 Å². The molecule has 1 saturated heterocycles. The summed E-state index contributed by atoms with van der Waals surface area (Å²) in [6, 6.07) is 6.30. The topological polar surface area (TPSA) is 62.2 Å². The van der Waals surface area contributed by atoms with E-state index in [0.29, 0.717) is 12.8 Å². The maximum absolute atomic E-state index is 11.8. The predicted molar refractivity (Wildman–Crippen MR) is 95.7 cm³/mol. The van der Waals surface area contributed by atoms with Gasteiger partial charge in [-0.3, -0.25) is 24.6 Å². The Bertz CT molecular complexity index is 704. The van der Waals surface area contributed by atoms with E-state index in [1.54, 1.807) is 25.2 Å². The number of likely N-dealkylation sites (tertiary alicyclic amines) is 1. The van der Waals surface area contributed by atoms with E-state index in [2.05, 4.69) is 20.9 Å². The van der Waals surface area contributed by atoms with Crippen molar-refractivity contribution in [3.63, 3.8) is 0 Å². The molecule has 0 spiro atoms. The van der Waals surface area contributed by atoms with Gasteiger partial charge in [0.05, 0.1) is 23.1 Å². The summed E-state index contributed by atoms with van der Waals surface area (Å²) in [4.78, 5) is 29.4. The zero-order valence-corrected chi connectivity index (χ0v) is 14.9. The normalized spacial score (nSPS) is 17.6. The summed E-state index contributed by atoms with van der Waals surface area (Å²) in [6.45, 7) is 1.88. The Morgan fingerprint density at radius 2 is 2.16 bits per heavy atom. The van der Waals surface area contributed by atoms with Crippen LogP contribution in [0.15, 0.2) is 36.8 Å².